The summed E-state index contributed by atoms with van der Waals surface area (Å²) < 4.78 is 10.8. The molecule has 1 atom stereocenters. The normalized spacial score (nSPS) is 19.6. The molecule has 1 N–H and O–H groups in total. The topological polar surface area (TPSA) is 51.6 Å². The third-order valence-corrected chi connectivity index (χ3v) is 2.82. The van der Waals surface area contributed by atoms with Gasteiger partial charge in [-0.25, -0.2) is 4.98 Å². The number of methoxy groups -OCH3 is 1. The summed E-state index contributed by atoms with van der Waals surface area (Å²) in [6.07, 6.45) is 6.71. The Bertz CT molecular complexity index is 386. The predicted molar refractivity (Wildman–Crippen MR) is 64.2 cm³/mol. The highest BCUT2D eigenvalue weighted by Crippen LogP contribution is 2.22. The van der Waals surface area contributed by atoms with Crippen LogP contribution in [0.3, 0.4) is 0 Å². The van der Waals surface area contributed by atoms with Crippen molar-refractivity contribution in [3.63, 3.8) is 0 Å². The first-order chi connectivity index (χ1) is 8.31. The van der Waals surface area contributed by atoms with Crippen LogP contribution in [0.1, 0.15) is 19.3 Å². The van der Waals surface area contributed by atoms with E-state index in [1.165, 1.54) is 0 Å². The minimum Gasteiger partial charge on any atom is -0.485 e. The van der Waals surface area contributed by atoms with Gasteiger partial charge in [0.2, 0.25) is 5.88 Å². The average molecular weight is 235 g/mol. The molecule has 1 aliphatic rings. The van der Waals surface area contributed by atoms with Gasteiger partial charge in [0, 0.05) is 6.07 Å². The van der Waals surface area contributed by atoms with Gasteiger partial charge in [-0.15, -0.1) is 0 Å². The molecule has 0 saturated carbocycles. The summed E-state index contributed by atoms with van der Waals surface area (Å²) in [6.45, 7) is 0.126. The largest absolute Gasteiger partial charge is 0.485 e. The van der Waals surface area contributed by atoms with Gasteiger partial charge in [0.15, 0.2) is 0 Å². The molecular formula is C13H17NO3. The van der Waals surface area contributed by atoms with Gasteiger partial charge in [-0.05, 0) is 37.0 Å². The first-order valence-corrected chi connectivity index (χ1v) is 5.79. The van der Waals surface area contributed by atoms with E-state index in [1.807, 2.05) is 12.1 Å². The summed E-state index contributed by atoms with van der Waals surface area (Å²) in [6, 6.07) is 3.61. The lowest BCUT2D eigenvalue weighted by molar-refractivity contribution is 0.220. The lowest BCUT2D eigenvalue weighted by Crippen LogP contribution is -2.18. The lowest BCUT2D eigenvalue weighted by atomic mass is 9.98. The van der Waals surface area contributed by atoms with Crippen LogP contribution in [0.25, 0.3) is 0 Å². The minimum absolute atomic E-state index is 0.0427. The van der Waals surface area contributed by atoms with Gasteiger partial charge in [0.25, 0.3) is 0 Å². The zero-order valence-electron chi connectivity index (χ0n) is 9.93. The molecule has 0 amide bonds. The second-order valence-corrected chi connectivity index (χ2v) is 4.07. The fraction of sp³-hybridized carbons (Fsp3) is 0.462. The molecule has 0 bridgehead atoms. The molecule has 17 heavy (non-hydrogen) atoms. The molecule has 92 valence electrons. The molecule has 0 fully saturated rings. The van der Waals surface area contributed by atoms with E-state index < -0.39 is 0 Å². The molecule has 4 nitrogen and oxygen atoms in total. The number of hydrogen-bond acceptors (Lipinski definition) is 4. The maximum Gasteiger partial charge on any atom is 0.213 e. The second-order valence-electron chi connectivity index (χ2n) is 4.07. The number of rotatable bonds is 4. The molecule has 0 saturated heterocycles. The molecule has 1 heterocycles. The Morgan fingerprint density at radius 3 is 3.00 bits per heavy atom. The Morgan fingerprint density at radius 1 is 1.47 bits per heavy atom. The van der Waals surface area contributed by atoms with Gasteiger partial charge < -0.3 is 14.6 Å². The van der Waals surface area contributed by atoms with Crippen molar-refractivity contribution in [1.29, 1.82) is 0 Å². The number of aromatic nitrogens is 1. The van der Waals surface area contributed by atoms with Gasteiger partial charge in [0.05, 0.1) is 19.9 Å². The highest BCUT2D eigenvalue weighted by Gasteiger charge is 2.14. The summed E-state index contributed by atoms with van der Waals surface area (Å²) in [4.78, 5) is 4.08. The van der Waals surface area contributed by atoms with Crippen molar-refractivity contribution < 1.29 is 14.6 Å². The van der Waals surface area contributed by atoms with E-state index in [1.54, 1.807) is 19.4 Å². The Labute approximate surface area is 101 Å². The third kappa shape index (κ3) is 3.20. The van der Waals surface area contributed by atoms with Crippen molar-refractivity contribution in [3.8, 4) is 11.6 Å². The maximum absolute atomic E-state index is 9.09. The minimum atomic E-state index is 0.0427. The molecule has 1 unspecified atom stereocenters. The molecule has 0 aromatic carbocycles. The maximum atomic E-state index is 9.09. The van der Waals surface area contributed by atoms with E-state index in [2.05, 4.69) is 4.98 Å². The Balaban J connectivity index is 2.00. The molecule has 0 aliphatic heterocycles. The van der Waals surface area contributed by atoms with Crippen LogP contribution in [0.2, 0.25) is 0 Å². The summed E-state index contributed by atoms with van der Waals surface area (Å²) in [5.74, 6) is 1.30. The zero-order chi connectivity index (χ0) is 12.1. The summed E-state index contributed by atoms with van der Waals surface area (Å²) in [5.41, 5.74) is 1.06. The van der Waals surface area contributed by atoms with Crippen molar-refractivity contribution in [2.45, 2.75) is 25.4 Å². The van der Waals surface area contributed by atoms with Crippen molar-refractivity contribution in [3.05, 3.63) is 30.0 Å². The smallest absolute Gasteiger partial charge is 0.213 e. The van der Waals surface area contributed by atoms with Crippen LogP contribution in [0.4, 0.5) is 0 Å². The van der Waals surface area contributed by atoms with Crippen LogP contribution in [-0.2, 0) is 0 Å². The lowest BCUT2D eigenvalue weighted by Gasteiger charge is -2.21. The van der Waals surface area contributed by atoms with Crippen LogP contribution in [0, 0.1) is 0 Å². The number of hydrogen-bond donors (Lipinski definition) is 1. The zero-order valence-corrected chi connectivity index (χ0v) is 9.93. The molecular weight excluding hydrogens is 218 g/mol. The molecule has 1 aromatic rings. The van der Waals surface area contributed by atoms with Crippen molar-refractivity contribution in [2.75, 3.05) is 13.7 Å². The SMILES string of the molecule is COc1ccc(OC2C=C(CO)CCC2)cn1. The average Bonchev–Trinajstić information content (AvgIpc) is 2.40. The van der Waals surface area contributed by atoms with E-state index in [9.17, 15) is 0 Å². The van der Waals surface area contributed by atoms with E-state index in [0.717, 1.165) is 30.6 Å². The molecule has 1 aromatic heterocycles. The molecule has 4 heteroatoms. The quantitative estimate of drug-likeness (QED) is 0.810. The van der Waals surface area contributed by atoms with Crippen molar-refractivity contribution in [2.24, 2.45) is 0 Å². The number of aliphatic hydroxyl groups excluding tert-OH is 1. The Hall–Kier alpha value is -1.55. The van der Waals surface area contributed by atoms with E-state index in [0.29, 0.717) is 5.88 Å². The van der Waals surface area contributed by atoms with Gasteiger partial charge in [-0.2, -0.15) is 0 Å². The monoisotopic (exact) mass is 235 g/mol. The number of pyridine rings is 1. The van der Waals surface area contributed by atoms with Crippen molar-refractivity contribution >= 4 is 0 Å². The van der Waals surface area contributed by atoms with Crippen LogP contribution >= 0.6 is 0 Å². The molecule has 2 rings (SSSR count). The number of ether oxygens (including phenoxy) is 2. The Kier molecular flexibility index (Phi) is 3.98. The first-order valence-electron chi connectivity index (χ1n) is 5.79. The fourth-order valence-electron chi connectivity index (χ4n) is 1.92. The van der Waals surface area contributed by atoms with Crippen LogP contribution < -0.4 is 9.47 Å². The highest BCUT2D eigenvalue weighted by molar-refractivity contribution is 5.24. The summed E-state index contributed by atoms with van der Waals surface area (Å²) >= 11 is 0. The van der Waals surface area contributed by atoms with Gasteiger partial charge in [-0.3, -0.25) is 0 Å². The molecule has 0 radical (unpaired) electrons. The van der Waals surface area contributed by atoms with Crippen LogP contribution in [-0.4, -0.2) is 29.9 Å². The van der Waals surface area contributed by atoms with E-state index in [4.69, 9.17) is 14.6 Å². The number of aliphatic hydroxyl groups is 1. The van der Waals surface area contributed by atoms with Crippen molar-refractivity contribution in [1.82, 2.24) is 4.98 Å². The van der Waals surface area contributed by atoms with Crippen LogP contribution in [0.15, 0.2) is 30.0 Å². The predicted octanol–water partition coefficient (Wildman–Crippen LogP) is 1.94. The third-order valence-electron chi connectivity index (χ3n) is 2.82. The highest BCUT2D eigenvalue weighted by atomic mass is 16.5. The van der Waals surface area contributed by atoms with Crippen LogP contribution in [0.5, 0.6) is 11.6 Å². The van der Waals surface area contributed by atoms with Gasteiger partial charge in [0.1, 0.15) is 11.9 Å². The van der Waals surface area contributed by atoms with Gasteiger partial charge >= 0.3 is 0 Å². The standard InChI is InChI=1S/C13H17NO3/c1-16-13-6-5-12(8-14-13)17-11-4-2-3-10(7-11)9-15/h5-8,11,15H,2-4,9H2,1H3. The summed E-state index contributed by atoms with van der Waals surface area (Å²) in [7, 11) is 1.58. The van der Waals surface area contributed by atoms with E-state index in [-0.39, 0.29) is 12.7 Å². The summed E-state index contributed by atoms with van der Waals surface area (Å²) in [5, 5.41) is 9.09. The molecule has 0 spiro atoms. The molecule has 1 aliphatic carbocycles. The number of nitrogens with zero attached hydrogens (tertiary/aromatic N) is 1. The fourth-order valence-corrected chi connectivity index (χ4v) is 1.92. The Morgan fingerprint density at radius 2 is 2.35 bits per heavy atom. The van der Waals surface area contributed by atoms with Gasteiger partial charge in [-0.1, -0.05) is 0 Å². The van der Waals surface area contributed by atoms with E-state index >= 15 is 0 Å². The first kappa shape index (κ1) is 11.9. The second kappa shape index (κ2) is 5.68.